The first-order valence-electron chi connectivity index (χ1n) is 10.4. The Balaban J connectivity index is 1.51. The average molecular weight is 415 g/mol. The van der Waals surface area contributed by atoms with Gasteiger partial charge in [0, 0.05) is 11.5 Å². The lowest BCUT2D eigenvalue weighted by Gasteiger charge is -2.54. The highest BCUT2D eigenvalue weighted by molar-refractivity contribution is 7.89. The molecule has 1 unspecified atom stereocenters. The molecule has 1 saturated carbocycles. The molecule has 5 nitrogen and oxygen atoms in total. The Kier molecular flexibility index (Phi) is 5.21. The average Bonchev–Trinajstić information content (AvgIpc) is 2.67. The van der Waals surface area contributed by atoms with Crippen LogP contribution in [-0.2, 0) is 28.3 Å². The van der Waals surface area contributed by atoms with Gasteiger partial charge in [-0.2, -0.15) is 0 Å². The molecule has 156 valence electrons. The maximum absolute atomic E-state index is 11.4. The van der Waals surface area contributed by atoms with Crippen molar-refractivity contribution in [2.45, 2.75) is 55.9 Å². The van der Waals surface area contributed by atoms with Crippen LogP contribution < -0.4 is 10.5 Å². The van der Waals surface area contributed by atoms with Gasteiger partial charge in [-0.3, -0.25) is 0 Å². The smallest absolute Gasteiger partial charge is 0.238 e. The van der Waals surface area contributed by atoms with Gasteiger partial charge in [0.15, 0.2) is 0 Å². The van der Waals surface area contributed by atoms with Crippen LogP contribution in [-0.4, -0.2) is 26.1 Å². The summed E-state index contributed by atoms with van der Waals surface area (Å²) in [6, 6.07) is 13.0. The molecule has 2 bridgehead atoms. The molecule has 0 heterocycles. The van der Waals surface area contributed by atoms with Gasteiger partial charge < -0.3 is 10.4 Å². The summed E-state index contributed by atoms with van der Waals surface area (Å²) in [7, 11) is -3.65. The molecular weight excluding hydrogens is 384 g/mol. The van der Waals surface area contributed by atoms with Crippen LogP contribution in [0.1, 0.15) is 43.4 Å². The van der Waals surface area contributed by atoms with Crippen molar-refractivity contribution in [2.24, 2.45) is 17.0 Å². The number of fused-ring (bicyclic) bond motifs is 4. The molecule has 4 N–H and O–H groups in total. The van der Waals surface area contributed by atoms with Gasteiger partial charge >= 0.3 is 0 Å². The number of benzene rings is 2. The Bertz CT molecular complexity index is 1000. The van der Waals surface area contributed by atoms with E-state index in [1.807, 2.05) is 24.3 Å². The standard InChI is InChI=1S/C23H30N2O3S/c1-15-9-11-23(2)21-14-18(26)6-5-17(21)13-20(15)22(23)25-12-10-16-3-7-19(8-4-16)29(24,27)28/h3-8,14-15,20,22,25-26H,9-13H2,1-2H3,(H2,24,27,28)/t15?,20-,22+,23-/m0/s1. The van der Waals surface area contributed by atoms with Gasteiger partial charge in [-0.25, -0.2) is 13.6 Å². The Morgan fingerprint density at radius 2 is 1.93 bits per heavy atom. The van der Waals surface area contributed by atoms with Crippen LogP contribution in [0.3, 0.4) is 0 Å². The molecule has 2 aromatic rings. The molecule has 0 amide bonds. The third-order valence-electron chi connectivity index (χ3n) is 7.16. The van der Waals surface area contributed by atoms with Gasteiger partial charge in [0.05, 0.1) is 4.90 Å². The van der Waals surface area contributed by atoms with E-state index < -0.39 is 10.0 Å². The van der Waals surface area contributed by atoms with Crippen molar-refractivity contribution in [3.8, 4) is 5.75 Å². The first-order valence-corrected chi connectivity index (χ1v) is 11.9. The quantitative estimate of drug-likeness (QED) is 0.701. The lowest BCUT2D eigenvalue weighted by Crippen LogP contribution is -2.59. The first kappa shape index (κ1) is 20.4. The Hall–Kier alpha value is -1.89. The summed E-state index contributed by atoms with van der Waals surface area (Å²) in [6.07, 6.45) is 4.20. The molecule has 0 aliphatic heterocycles. The predicted molar refractivity (Wildman–Crippen MR) is 114 cm³/mol. The molecule has 29 heavy (non-hydrogen) atoms. The van der Waals surface area contributed by atoms with Crippen molar-refractivity contribution in [1.82, 2.24) is 5.32 Å². The molecule has 4 rings (SSSR count). The second-order valence-corrected chi connectivity index (χ2v) is 10.6. The summed E-state index contributed by atoms with van der Waals surface area (Å²) in [4.78, 5) is 0.147. The molecule has 4 atom stereocenters. The fraction of sp³-hybridized carbons (Fsp3) is 0.478. The molecule has 0 aromatic heterocycles. The molecule has 2 aliphatic carbocycles. The topological polar surface area (TPSA) is 92.4 Å². The van der Waals surface area contributed by atoms with E-state index in [-0.39, 0.29) is 10.3 Å². The van der Waals surface area contributed by atoms with Gasteiger partial charge in [-0.05, 0) is 85.0 Å². The molecule has 2 aliphatic rings. The SMILES string of the molecule is CC1CC[C@@]2(C)c3cc(O)ccc3C[C@@H]1[C@H]2NCCc1ccc(S(N)(=O)=O)cc1. The second-order valence-electron chi connectivity index (χ2n) is 9.01. The molecule has 0 radical (unpaired) electrons. The van der Waals surface area contributed by atoms with Crippen molar-refractivity contribution in [1.29, 1.82) is 0 Å². The van der Waals surface area contributed by atoms with E-state index in [1.165, 1.54) is 17.5 Å². The number of phenols is 1. The maximum atomic E-state index is 11.4. The molecular formula is C23H30N2O3S. The van der Waals surface area contributed by atoms with Crippen molar-refractivity contribution in [3.05, 3.63) is 59.2 Å². The zero-order chi connectivity index (χ0) is 20.8. The molecule has 2 aromatic carbocycles. The van der Waals surface area contributed by atoms with E-state index in [0.29, 0.717) is 23.6 Å². The number of sulfonamides is 1. The van der Waals surface area contributed by atoms with Crippen molar-refractivity contribution in [3.63, 3.8) is 0 Å². The second kappa shape index (κ2) is 7.42. The number of phenolic OH excluding ortho intramolecular Hbond substituents is 1. The van der Waals surface area contributed by atoms with Crippen LogP contribution in [0.15, 0.2) is 47.4 Å². The maximum Gasteiger partial charge on any atom is 0.238 e. The van der Waals surface area contributed by atoms with Crippen LogP contribution in [0.2, 0.25) is 0 Å². The van der Waals surface area contributed by atoms with Gasteiger partial charge in [-0.15, -0.1) is 0 Å². The minimum atomic E-state index is -3.65. The van der Waals surface area contributed by atoms with E-state index in [9.17, 15) is 13.5 Å². The normalized spacial score (nSPS) is 28.7. The molecule has 0 spiro atoms. The summed E-state index contributed by atoms with van der Waals surface area (Å²) in [6.45, 7) is 5.52. The van der Waals surface area contributed by atoms with Gasteiger partial charge in [0.2, 0.25) is 10.0 Å². The van der Waals surface area contributed by atoms with Gasteiger partial charge in [0.1, 0.15) is 5.75 Å². The highest BCUT2D eigenvalue weighted by Crippen LogP contribution is 2.51. The monoisotopic (exact) mass is 414 g/mol. The number of nitrogens with one attached hydrogen (secondary N) is 1. The minimum absolute atomic E-state index is 0.0149. The zero-order valence-electron chi connectivity index (χ0n) is 17.1. The van der Waals surface area contributed by atoms with Crippen molar-refractivity contribution in [2.75, 3.05) is 6.54 Å². The Labute approximate surface area is 173 Å². The summed E-state index contributed by atoms with van der Waals surface area (Å²) in [5, 5.41) is 19.1. The third-order valence-corrected chi connectivity index (χ3v) is 8.09. The van der Waals surface area contributed by atoms with Crippen LogP contribution in [0.25, 0.3) is 0 Å². The lowest BCUT2D eigenvalue weighted by molar-refractivity contribution is 0.0933. The largest absolute Gasteiger partial charge is 0.508 e. The Morgan fingerprint density at radius 1 is 1.21 bits per heavy atom. The minimum Gasteiger partial charge on any atom is -0.508 e. The molecule has 6 heteroatoms. The number of nitrogens with two attached hydrogens (primary N) is 1. The van der Waals surface area contributed by atoms with Gasteiger partial charge in [0.25, 0.3) is 0 Å². The summed E-state index contributed by atoms with van der Waals surface area (Å²) < 4.78 is 22.8. The highest BCUT2D eigenvalue weighted by atomic mass is 32.2. The zero-order valence-corrected chi connectivity index (χ0v) is 17.9. The third kappa shape index (κ3) is 3.81. The van der Waals surface area contributed by atoms with Crippen LogP contribution >= 0.6 is 0 Å². The molecule has 1 fully saturated rings. The van der Waals surface area contributed by atoms with E-state index in [4.69, 9.17) is 5.14 Å². The van der Waals surface area contributed by atoms with E-state index >= 15 is 0 Å². The number of rotatable bonds is 5. The lowest BCUT2D eigenvalue weighted by atomic mass is 9.54. The number of aromatic hydroxyl groups is 1. The van der Waals surface area contributed by atoms with E-state index in [0.717, 1.165) is 31.4 Å². The first-order chi connectivity index (χ1) is 13.7. The van der Waals surface area contributed by atoms with Gasteiger partial charge in [-0.1, -0.05) is 32.0 Å². The summed E-state index contributed by atoms with van der Waals surface area (Å²) in [5.41, 5.74) is 3.76. The van der Waals surface area contributed by atoms with Crippen molar-refractivity contribution >= 4 is 10.0 Å². The predicted octanol–water partition coefficient (Wildman–Crippen LogP) is 3.10. The number of hydrogen-bond acceptors (Lipinski definition) is 4. The Morgan fingerprint density at radius 3 is 2.62 bits per heavy atom. The van der Waals surface area contributed by atoms with Crippen LogP contribution in [0, 0.1) is 11.8 Å². The van der Waals surface area contributed by atoms with Crippen LogP contribution in [0.4, 0.5) is 0 Å². The van der Waals surface area contributed by atoms with Crippen LogP contribution in [0.5, 0.6) is 5.75 Å². The highest BCUT2D eigenvalue weighted by Gasteiger charge is 2.49. The molecule has 0 saturated heterocycles. The fourth-order valence-corrected chi connectivity index (χ4v) is 5.96. The summed E-state index contributed by atoms with van der Waals surface area (Å²) in [5.74, 6) is 1.59. The number of hydrogen-bond donors (Lipinski definition) is 3. The van der Waals surface area contributed by atoms with E-state index in [2.05, 4.69) is 25.2 Å². The van der Waals surface area contributed by atoms with E-state index in [1.54, 1.807) is 12.1 Å². The number of primary sulfonamides is 1. The van der Waals surface area contributed by atoms with Crippen molar-refractivity contribution < 1.29 is 13.5 Å². The fourth-order valence-electron chi connectivity index (χ4n) is 5.44. The summed E-state index contributed by atoms with van der Waals surface area (Å²) >= 11 is 0.